The first-order valence-electron chi connectivity index (χ1n) is 17.4. The second kappa shape index (κ2) is 14.7. The van der Waals surface area contributed by atoms with E-state index in [2.05, 4.69) is 25.5 Å². The van der Waals surface area contributed by atoms with Crippen LogP contribution in [0.2, 0.25) is 5.02 Å². The zero-order valence-corrected chi connectivity index (χ0v) is 30.3. The minimum Gasteiger partial charge on any atom is -0.481 e. The van der Waals surface area contributed by atoms with Crippen molar-refractivity contribution in [2.75, 3.05) is 40.4 Å². The number of methoxy groups -OCH3 is 2. The monoisotopic (exact) mass is 752 g/mol. The fourth-order valence-corrected chi connectivity index (χ4v) is 7.92. The fraction of sp³-hybridized carbons (Fsp3) is 0.421. The van der Waals surface area contributed by atoms with Crippen molar-refractivity contribution in [1.82, 2.24) is 30.5 Å². The highest BCUT2D eigenvalue weighted by molar-refractivity contribution is 6.35. The molecule has 7 rings (SSSR count). The molecule has 3 aromatic heterocycles. The molecule has 0 bridgehead atoms. The average molecular weight is 753 g/mol. The highest BCUT2D eigenvalue weighted by Crippen LogP contribution is 2.46. The molecule has 280 valence electrons. The number of aliphatic hydroxyl groups excluding tert-OH is 1. The molecule has 15 heteroatoms. The second-order valence-corrected chi connectivity index (χ2v) is 14.4. The zero-order chi connectivity index (χ0) is 37.5. The van der Waals surface area contributed by atoms with Gasteiger partial charge in [-0.2, -0.15) is 18.2 Å². The second-order valence-electron chi connectivity index (χ2n) is 14.0. The highest BCUT2D eigenvalue weighted by Gasteiger charge is 2.48. The van der Waals surface area contributed by atoms with Gasteiger partial charge in [-0.1, -0.05) is 35.9 Å². The summed E-state index contributed by atoms with van der Waals surface area (Å²) in [6.45, 7) is 4.78. The number of pyridine rings is 3. The Bertz CT molecular complexity index is 2020. The van der Waals surface area contributed by atoms with Crippen LogP contribution in [0.4, 0.5) is 13.2 Å². The van der Waals surface area contributed by atoms with Gasteiger partial charge in [-0.15, -0.1) is 0 Å². The van der Waals surface area contributed by atoms with Gasteiger partial charge in [0, 0.05) is 79.6 Å². The van der Waals surface area contributed by atoms with Crippen LogP contribution in [0.3, 0.4) is 0 Å². The predicted molar refractivity (Wildman–Crippen MR) is 191 cm³/mol. The number of aliphatic hydroxyl groups is 1. The number of aromatic nitrogens is 3. The molecule has 0 unspecified atom stereocenters. The lowest BCUT2D eigenvalue weighted by molar-refractivity contribution is -0.139. The number of nitrogens with zero attached hydrogens (tertiary/aromatic N) is 4. The Morgan fingerprint density at radius 1 is 1.08 bits per heavy atom. The van der Waals surface area contributed by atoms with Gasteiger partial charge in [-0.3, -0.25) is 14.7 Å². The number of alkyl halides is 3. The van der Waals surface area contributed by atoms with Gasteiger partial charge in [0.2, 0.25) is 23.5 Å². The minimum atomic E-state index is -4.74. The maximum absolute atomic E-state index is 14.3. The number of carbonyl (C=O) groups excluding carboxylic acids is 1. The van der Waals surface area contributed by atoms with Crippen LogP contribution in [0.1, 0.15) is 53.7 Å². The summed E-state index contributed by atoms with van der Waals surface area (Å²) in [7, 11) is 2.91. The molecule has 5 heterocycles. The quantitative estimate of drug-likeness (QED) is 0.164. The molecule has 4 aromatic rings. The Hall–Kier alpha value is -4.50. The Morgan fingerprint density at radius 3 is 2.55 bits per heavy atom. The van der Waals surface area contributed by atoms with Gasteiger partial charge in [0.15, 0.2) is 0 Å². The van der Waals surface area contributed by atoms with Crippen LogP contribution in [0.5, 0.6) is 17.6 Å². The average Bonchev–Trinajstić information content (AvgIpc) is 3.71. The van der Waals surface area contributed by atoms with E-state index in [1.807, 2.05) is 30.3 Å². The number of nitrogens with one attached hydrogen (secondary N) is 2. The van der Waals surface area contributed by atoms with Crippen molar-refractivity contribution < 1.29 is 37.3 Å². The molecule has 0 radical (unpaired) electrons. The molecule has 11 nitrogen and oxygen atoms in total. The minimum absolute atomic E-state index is 0.00242. The molecule has 53 heavy (non-hydrogen) atoms. The lowest BCUT2D eigenvalue weighted by atomic mass is 9.79. The van der Waals surface area contributed by atoms with Gasteiger partial charge >= 0.3 is 6.18 Å². The van der Waals surface area contributed by atoms with E-state index in [9.17, 15) is 23.1 Å². The van der Waals surface area contributed by atoms with E-state index in [-0.39, 0.29) is 35.9 Å². The third-order valence-electron chi connectivity index (χ3n) is 10.0. The summed E-state index contributed by atoms with van der Waals surface area (Å²) in [5.41, 5.74) is 4.22. The topological polar surface area (TPSA) is 131 Å². The van der Waals surface area contributed by atoms with E-state index in [0.29, 0.717) is 60.2 Å². The number of likely N-dealkylation sites (tertiary alicyclic amines) is 1. The van der Waals surface area contributed by atoms with E-state index >= 15 is 0 Å². The maximum Gasteiger partial charge on any atom is 0.421 e. The fourth-order valence-electron chi connectivity index (χ4n) is 7.61. The third kappa shape index (κ3) is 7.50. The van der Waals surface area contributed by atoms with Crippen molar-refractivity contribution in [3.63, 3.8) is 0 Å². The van der Waals surface area contributed by atoms with Crippen molar-refractivity contribution in [2.24, 2.45) is 5.41 Å². The molecule has 1 aliphatic carbocycles. The van der Waals surface area contributed by atoms with Gasteiger partial charge in [-0.25, -0.2) is 4.98 Å². The van der Waals surface area contributed by atoms with Crippen molar-refractivity contribution in [1.29, 1.82) is 0 Å². The predicted octanol–water partition coefficient (Wildman–Crippen LogP) is 5.75. The van der Waals surface area contributed by atoms with Crippen molar-refractivity contribution in [3.05, 3.63) is 81.5 Å². The molecule has 3 N–H and O–H groups in total. The van der Waals surface area contributed by atoms with Crippen LogP contribution in [-0.4, -0.2) is 77.4 Å². The molecule has 1 aromatic carbocycles. The van der Waals surface area contributed by atoms with Gasteiger partial charge < -0.3 is 30.0 Å². The van der Waals surface area contributed by atoms with Crippen LogP contribution >= 0.6 is 11.6 Å². The van der Waals surface area contributed by atoms with E-state index < -0.39 is 29.8 Å². The summed E-state index contributed by atoms with van der Waals surface area (Å²) in [4.78, 5) is 27.6. The number of rotatable bonds is 12. The lowest BCUT2D eigenvalue weighted by Gasteiger charge is -2.47. The smallest absolute Gasteiger partial charge is 0.421 e. The molecule has 0 saturated carbocycles. The van der Waals surface area contributed by atoms with Gasteiger partial charge in [-0.05, 0) is 49.1 Å². The Morgan fingerprint density at radius 2 is 1.85 bits per heavy atom. The third-order valence-corrected chi connectivity index (χ3v) is 10.4. The molecule has 3 aliphatic rings. The highest BCUT2D eigenvalue weighted by atomic mass is 35.5. The molecule has 1 spiro atoms. The van der Waals surface area contributed by atoms with Crippen molar-refractivity contribution >= 4 is 17.5 Å². The van der Waals surface area contributed by atoms with Crippen LogP contribution in [-0.2, 0) is 30.5 Å². The first-order valence-corrected chi connectivity index (χ1v) is 17.8. The summed E-state index contributed by atoms with van der Waals surface area (Å²) >= 11 is 7.07. The number of benzene rings is 1. The molecule has 2 aliphatic heterocycles. The van der Waals surface area contributed by atoms with E-state index in [1.165, 1.54) is 7.11 Å². The van der Waals surface area contributed by atoms with Crippen LogP contribution in [0.15, 0.2) is 48.7 Å². The standard InChI is InChI=1S/C38H40ClF3N6O5/c1-21(49)15-43-16-23-13-28(38(40,41)42)36(47-35(23)52-3)53-30-10-8-24-25(30)5-4-6-26(24)33-32(39)27(11-12-44-33)29-9-7-22(34(46-29)51-2)17-48-19-37(20-48)14-31(50)45-18-37/h4-7,9,11-13,21,30,43,49H,8,10,14-20H2,1-3H3,(H,45,50)/t21-,30-/m0/s1. The Labute approximate surface area is 309 Å². The molecular formula is C38H40ClF3N6O5. The van der Waals surface area contributed by atoms with Crippen molar-refractivity contribution in [2.45, 2.75) is 57.7 Å². The van der Waals surface area contributed by atoms with Gasteiger partial charge in [0.25, 0.3) is 0 Å². The number of fused-ring (bicyclic) bond motifs is 1. The summed E-state index contributed by atoms with van der Waals surface area (Å²) < 4.78 is 60.1. The van der Waals surface area contributed by atoms with Gasteiger partial charge in [0.1, 0.15) is 11.7 Å². The normalized spacial score (nSPS) is 18.4. The number of hydrogen-bond acceptors (Lipinski definition) is 10. The van der Waals surface area contributed by atoms with Crippen LogP contribution < -0.4 is 24.8 Å². The largest absolute Gasteiger partial charge is 0.481 e. The molecular weight excluding hydrogens is 713 g/mol. The van der Waals surface area contributed by atoms with Crippen molar-refractivity contribution in [3.8, 4) is 40.2 Å². The molecule has 2 saturated heterocycles. The number of carbonyl (C=O) groups is 1. The number of amides is 1. The molecule has 1 amide bonds. The summed E-state index contributed by atoms with van der Waals surface area (Å²) in [5.74, 6) is 0.00991. The number of halogens is 4. The SMILES string of the molecule is COc1nc(-c2ccnc(-c3cccc4c3CC[C@@H]4Oc3nc(OC)c(CNC[C@H](C)O)cc3C(F)(F)F)c2Cl)ccc1CN1CC2(CNC(=O)C2)C1. The maximum atomic E-state index is 14.3. The number of ether oxygens (including phenoxy) is 3. The zero-order valence-electron chi connectivity index (χ0n) is 29.5. The van der Waals surface area contributed by atoms with E-state index in [4.69, 9.17) is 30.8 Å². The van der Waals surface area contributed by atoms with Gasteiger partial charge in [0.05, 0.1) is 36.7 Å². The van der Waals surface area contributed by atoms with E-state index in [1.54, 1.807) is 26.3 Å². The first-order chi connectivity index (χ1) is 25.4. The lowest BCUT2D eigenvalue weighted by Crippen LogP contribution is -2.56. The Balaban J connectivity index is 1.13. The summed E-state index contributed by atoms with van der Waals surface area (Å²) in [6, 6.07) is 12.2. The summed E-state index contributed by atoms with van der Waals surface area (Å²) in [6.07, 6.45) is -2.99. The van der Waals surface area contributed by atoms with Crippen LogP contribution in [0, 0.1) is 5.41 Å². The molecule has 2 atom stereocenters. The summed E-state index contributed by atoms with van der Waals surface area (Å²) in [5, 5.41) is 15.8. The number of hydrogen-bond donors (Lipinski definition) is 3. The molecule has 2 fully saturated rings. The van der Waals surface area contributed by atoms with Crippen LogP contribution in [0.25, 0.3) is 22.5 Å². The Kier molecular flexibility index (Phi) is 10.2. The first kappa shape index (κ1) is 36.8. The van der Waals surface area contributed by atoms with E-state index in [0.717, 1.165) is 41.4 Å².